The summed E-state index contributed by atoms with van der Waals surface area (Å²) in [4.78, 5) is 16.5. The highest BCUT2D eigenvalue weighted by atomic mass is 35.5. The molecule has 1 N–H and O–H groups in total. The first kappa shape index (κ1) is 16.0. The molecule has 0 fully saturated rings. The first-order chi connectivity index (χ1) is 11.1. The first-order valence-corrected chi connectivity index (χ1v) is 8.13. The fourth-order valence-corrected chi connectivity index (χ4v) is 3.03. The van der Waals surface area contributed by atoms with Gasteiger partial charge in [0.25, 0.3) is 0 Å². The van der Waals surface area contributed by atoms with E-state index < -0.39 is 0 Å². The third-order valence-electron chi connectivity index (χ3n) is 3.93. The number of nitrogens with zero attached hydrogens (tertiary/aromatic N) is 2. The van der Waals surface area contributed by atoms with Crippen LogP contribution < -0.4 is 5.32 Å². The molecular formula is C17H20ClN3O2. The van der Waals surface area contributed by atoms with Gasteiger partial charge in [-0.25, -0.2) is 4.98 Å². The Kier molecular flexibility index (Phi) is 4.98. The summed E-state index contributed by atoms with van der Waals surface area (Å²) in [5.74, 6) is 1.00. The summed E-state index contributed by atoms with van der Waals surface area (Å²) in [6.07, 6.45) is 3.83. The quantitative estimate of drug-likeness (QED) is 0.914. The molecule has 0 bridgehead atoms. The summed E-state index contributed by atoms with van der Waals surface area (Å²) >= 11 is 6.06. The van der Waals surface area contributed by atoms with Crippen LogP contribution in [0.3, 0.4) is 0 Å². The Balaban J connectivity index is 1.44. The number of carbonyl (C=O) groups is 1. The Morgan fingerprint density at radius 2 is 2.30 bits per heavy atom. The van der Waals surface area contributed by atoms with Crippen LogP contribution >= 0.6 is 11.6 Å². The molecule has 5 nitrogen and oxygen atoms in total. The van der Waals surface area contributed by atoms with Crippen molar-refractivity contribution in [3.05, 3.63) is 52.6 Å². The van der Waals surface area contributed by atoms with Crippen molar-refractivity contribution in [2.75, 3.05) is 6.61 Å². The second kappa shape index (κ2) is 7.15. The van der Waals surface area contributed by atoms with Gasteiger partial charge in [-0.1, -0.05) is 29.8 Å². The zero-order chi connectivity index (χ0) is 16.2. The Morgan fingerprint density at radius 1 is 1.48 bits per heavy atom. The zero-order valence-corrected chi connectivity index (χ0v) is 13.8. The molecule has 0 unspecified atom stereocenters. The fraction of sp³-hybridized carbons (Fsp3) is 0.412. The predicted molar refractivity (Wildman–Crippen MR) is 88.3 cm³/mol. The maximum Gasteiger partial charge on any atom is 0.246 e. The second-order valence-corrected chi connectivity index (χ2v) is 6.25. The Labute approximate surface area is 140 Å². The van der Waals surface area contributed by atoms with Crippen molar-refractivity contribution in [1.29, 1.82) is 0 Å². The third-order valence-corrected chi connectivity index (χ3v) is 4.30. The van der Waals surface area contributed by atoms with Crippen LogP contribution in [0.15, 0.2) is 30.5 Å². The largest absolute Gasteiger partial charge is 0.367 e. The van der Waals surface area contributed by atoms with Gasteiger partial charge in [0.2, 0.25) is 5.91 Å². The van der Waals surface area contributed by atoms with Crippen molar-refractivity contribution in [2.24, 2.45) is 0 Å². The molecule has 1 atom stereocenters. The molecule has 1 aliphatic rings. The van der Waals surface area contributed by atoms with Crippen LogP contribution in [0.25, 0.3) is 0 Å². The van der Waals surface area contributed by atoms with Gasteiger partial charge in [0.15, 0.2) is 0 Å². The lowest BCUT2D eigenvalue weighted by atomic mass is 10.1. The Morgan fingerprint density at radius 3 is 3.13 bits per heavy atom. The number of rotatable bonds is 5. The van der Waals surface area contributed by atoms with Crippen LogP contribution in [0.5, 0.6) is 0 Å². The topological polar surface area (TPSA) is 56.2 Å². The minimum atomic E-state index is -0.0951. The van der Waals surface area contributed by atoms with E-state index in [0.29, 0.717) is 11.6 Å². The van der Waals surface area contributed by atoms with E-state index in [1.54, 1.807) is 0 Å². The lowest BCUT2D eigenvalue weighted by Crippen LogP contribution is -2.42. The number of imidazole rings is 1. The normalized spacial score (nSPS) is 16.9. The van der Waals surface area contributed by atoms with Gasteiger partial charge in [0.1, 0.15) is 12.4 Å². The summed E-state index contributed by atoms with van der Waals surface area (Å²) in [6, 6.07) is 7.61. The molecule has 1 aliphatic heterocycles. The number of carbonyl (C=O) groups excluding carboxylic acids is 1. The number of hydrogen-bond acceptors (Lipinski definition) is 3. The summed E-state index contributed by atoms with van der Waals surface area (Å²) in [5.41, 5.74) is 1.91. The maximum atomic E-state index is 12.0. The molecule has 0 saturated heterocycles. The molecule has 0 aliphatic carbocycles. The number of aromatic nitrogens is 2. The van der Waals surface area contributed by atoms with E-state index in [9.17, 15) is 4.79 Å². The molecule has 1 aromatic heterocycles. The van der Waals surface area contributed by atoms with E-state index in [-0.39, 0.29) is 18.6 Å². The molecule has 3 rings (SSSR count). The number of amides is 1. The van der Waals surface area contributed by atoms with Gasteiger partial charge in [-0.3, -0.25) is 4.79 Å². The van der Waals surface area contributed by atoms with E-state index in [1.807, 2.05) is 37.4 Å². The summed E-state index contributed by atoms with van der Waals surface area (Å²) in [7, 11) is 0. The minimum absolute atomic E-state index is 0.0392. The highest BCUT2D eigenvalue weighted by Gasteiger charge is 2.21. The van der Waals surface area contributed by atoms with E-state index >= 15 is 0 Å². The molecule has 0 saturated carbocycles. The summed E-state index contributed by atoms with van der Waals surface area (Å²) in [6.45, 7) is 3.13. The van der Waals surface area contributed by atoms with Crippen LogP contribution in [0.4, 0.5) is 0 Å². The van der Waals surface area contributed by atoms with Gasteiger partial charge in [-0.05, 0) is 25.0 Å². The molecule has 2 heterocycles. The summed E-state index contributed by atoms with van der Waals surface area (Å²) < 4.78 is 7.58. The molecule has 1 aromatic carbocycles. The molecule has 1 amide bonds. The molecule has 0 spiro atoms. The van der Waals surface area contributed by atoms with E-state index in [1.165, 1.54) is 0 Å². The van der Waals surface area contributed by atoms with Crippen molar-refractivity contribution in [2.45, 2.75) is 39.0 Å². The highest BCUT2D eigenvalue weighted by Crippen LogP contribution is 2.16. The number of halogens is 1. The Bertz CT molecular complexity index is 699. The van der Waals surface area contributed by atoms with Crippen LogP contribution in [-0.4, -0.2) is 28.1 Å². The third kappa shape index (κ3) is 4.12. The zero-order valence-electron chi connectivity index (χ0n) is 13.1. The van der Waals surface area contributed by atoms with Crippen molar-refractivity contribution < 1.29 is 9.53 Å². The van der Waals surface area contributed by atoms with Gasteiger partial charge in [-0.15, -0.1) is 0 Å². The number of ether oxygens (including phenoxy) is 1. The number of hydrogen-bond donors (Lipinski definition) is 1. The molecule has 23 heavy (non-hydrogen) atoms. The standard InChI is InChI=1S/C17H20ClN3O2/c1-12-8-21-9-14(6-7-16(21)19-12)20-17(22)11-23-10-13-4-2-3-5-15(13)18/h2-5,8,14H,6-7,9-11H2,1H3,(H,20,22)/t14-/m1/s1. The van der Waals surface area contributed by atoms with Crippen LogP contribution in [0, 0.1) is 6.92 Å². The van der Waals surface area contributed by atoms with Crippen molar-refractivity contribution in [3.63, 3.8) is 0 Å². The Hall–Kier alpha value is -1.85. The molecule has 2 aromatic rings. The lowest BCUT2D eigenvalue weighted by Gasteiger charge is -2.24. The average Bonchev–Trinajstić information content (AvgIpc) is 2.88. The van der Waals surface area contributed by atoms with Crippen LogP contribution in [0.1, 0.15) is 23.5 Å². The first-order valence-electron chi connectivity index (χ1n) is 7.75. The number of aryl methyl sites for hydroxylation is 2. The van der Waals surface area contributed by atoms with Crippen molar-refractivity contribution in [1.82, 2.24) is 14.9 Å². The van der Waals surface area contributed by atoms with Crippen molar-refractivity contribution in [3.8, 4) is 0 Å². The summed E-state index contributed by atoms with van der Waals surface area (Å²) in [5, 5.41) is 3.68. The average molecular weight is 334 g/mol. The van der Waals surface area contributed by atoms with Crippen LogP contribution in [0.2, 0.25) is 5.02 Å². The van der Waals surface area contributed by atoms with Crippen LogP contribution in [-0.2, 0) is 29.1 Å². The highest BCUT2D eigenvalue weighted by molar-refractivity contribution is 6.31. The number of nitrogens with one attached hydrogen (secondary N) is 1. The van der Waals surface area contributed by atoms with Gasteiger partial charge < -0.3 is 14.6 Å². The monoisotopic (exact) mass is 333 g/mol. The van der Waals surface area contributed by atoms with E-state index in [2.05, 4.69) is 14.9 Å². The maximum absolute atomic E-state index is 12.0. The number of fused-ring (bicyclic) bond motifs is 1. The smallest absolute Gasteiger partial charge is 0.246 e. The van der Waals surface area contributed by atoms with Gasteiger partial charge in [0, 0.05) is 30.2 Å². The van der Waals surface area contributed by atoms with Gasteiger partial charge in [0.05, 0.1) is 12.3 Å². The second-order valence-electron chi connectivity index (χ2n) is 5.84. The molecule has 0 radical (unpaired) electrons. The minimum Gasteiger partial charge on any atom is -0.367 e. The fourth-order valence-electron chi connectivity index (χ4n) is 2.84. The molecular weight excluding hydrogens is 314 g/mol. The van der Waals surface area contributed by atoms with Gasteiger partial charge in [-0.2, -0.15) is 0 Å². The van der Waals surface area contributed by atoms with Gasteiger partial charge >= 0.3 is 0 Å². The van der Waals surface area contributed by atoms with Crippen molar-refractivity contribution >= 4 is 17.5 Å². The van der Waals surface area contributed by atoms with E-state index in [0.717, 1.165) is 36.5 Å². The molecule has 6 heteroatoms. The predicted octanol–water partition coefficient (Wildman–Crippen LogP) is 2.49. The van der Waals surface area contributed by atoms with E-state index in [4.69, 9.17) is 16.3 Å². The lowest BCUT2D eigenvalue weighted by molar-refractivity contribution is -0.127. The SMILES string of the molecule is Cc1cn2c(n1)CC[C@@H](NC(=O)COCc1ccccc1Cl)C2. The molecule has 122 valence electrons. The number of benzene rings is 1.